The van der Waals surface area contributed by atoms with Crippen LogP contribution < -0.4 is 10.0 Å². The minimum Gasteiger partial charge on any atom is -0.320 e. The third-order valence-corrected chi connectivity index (χ3v) is 4.39. The molecule has 4 nitrogen and oxygen atoms in total. The van der Waals surface area contributed by atoms with E-state index >= 15 is 0 Å². The van der Waals surface area contributed by atoms with Gasteiger partial charge in [0.05, 0.1) is 21.5 Å². The van der Waals surface area contributed by atoms with E-state index in [9.17, 15) is 8.42 Å². The first-order valence-electron chi connectivity index (χ1n) is 5.55. The Hall–Kier alpha value is -0.490. The summed E-state index contributed by atoms with van der Waals surface area (Å²) < 4.78 is 26.0. The second-order valence-electron chi connectivity index (χ2n) is 3.86. The number of unbranched alkanes of at least 4 members (excludes halogenated alkanes) is 1. The molecule has 0 spiro atoms. The van der Waals surface area contributed by atoms with Crippen molar-refractivity contribution in [3.63, 3.8) is 0 Å². The molecule has 1 aromatic rings. The summed E-state index contributed by atoms with van der Waals surface area (Å²) in [5, 5.41) is 3.69. The topological polar surface area (TPSA) is 58.2 Å². The highest BCUT2D eigenvalue weighted by Gasteiger charge is 2.10. The van der Waals surface area contributed by atoms with E-state index in [1.54, 1.807) is 12.1 Å². The van der Waals surface area contributed by atoms with Gasteiger partial charge < -0.3 is 5.32 Å². The molecule has 0 aliphatic rings. The van der Waals surface area contributed by atoms with E-state index in [4.69, 9.17) is 23.2 Å². The first-order chi connectivity index (χ1) is 8.44. The number of sulfonamides is 1. The fraction of sp³-hybridized carbons (Fsp3) is 0.455. The van der Waals surface area contributed by atoms with Gasteiger partial charge in [0.1, 0.15) is 0 Å². The Morgan fingerprint density at radius 2 is 1.89 bits per heavy atom. The molecular formula is C11H16Cl2N2O2S. The molecule has 2 N–H and O–H groups in total. The number of halogens is 2. The molecule has 102 valence electrons. The number of nitrogens with one attached hydrogen (secondary N) is 2. The molecular weight excluding hydrogens is 295 g/mol. The van der Waals surface area contributed by atoms with Crippen LogP contribution in [0.2, 0.25) is 10.0 Å². The summed E-state index contributed by atoms with van der Waals surface area (Å²) in [7, 11) is -1.49. The van der Waals surface area contributed by atoms with Crippen molar-refractivity contribution in [2.45, 2.75) is 12.8 Å². The summed E-state index contributed by atoms with van der Waals surface area (Å²) in [5.41, 5.74) is 0.429. The smallest absolute Gasteiger partial charge is 0.232 e. The number of benzene rings is 1. The van der Waals surface area contributed by atoms with Crippen LogP contribution >= 0.6 is 23.2 Å². The first-order valence-corrected chi connectivity index (χ1v) is 7.95. The van der Waals surface area contributed by atoms with Crippen molar-refractivity contribution in [3.8, 4) is 0 Å². The van der Waals surface area contributed by atoms with Gasteiger partial charge in [0.2, 0.25) is 10.0 Å². The molecule has 1 rings (SSSR count). The summed E-state index contributed by atoms with van der Waals surface area (Å²) >= 11 is 11.6. The van der Waals surface area contributed by atoms with E-state index in [1.807, 2.05) is 7.05 Å². The maximum atomic E-state index is 11.8. The maximum Gasteiger partial charge on any atom is 0.232 e. The van der Waals surface area contributed by atoms with Gasteiger partial charge in [0.25, 0.3) is 0 Å². The summed E-state index contributed by atoms with van der Waals surface area (Å²) in [6, 6.07) is 4.64. The van der Waals surface area contributed by atoms with Crippen molar-refractivity contribution < 1.29 is 8.42 Å². The maximum absolute atomic E-state index is 11.8. The van der Waals surface area contributed by atoms with Gasteiger partial charge in [-0.3, -0.25) is 4.72 Å². The molecule has 0 heterocycles. The minimum atomic E-state index is -3.32. The Bertz CT molecular complexity index is 492. The van der Waals surface area contributed by atoms with Gasteiger partial charge >= 0.3 is 0 Å². The van der Waals surface area contributed by atoms with Crippen molar-refractivity contribution >= 4 is 38.9 Å². The summed E-state index contributed by atoms with van der Waals surface area (Å²) in [6.45, 7) is 0.808. The van der Waals surface area contributed by atoms with Crippen molar-refractivity contribution in [1.29, 1.82) is 0 Å². The molecule has 0 radical (unpaired) electrons. The molecule has 18 heavy (non-hydrogen) atoms. The average Bonchev–Trinajstić information content (AvgIpc) is 2.29. The van der Waals surface area contributed by atoms with Gasteiger partial charge in [0, 0.05) is 0 Å². The van der Waals surface area contributed by atoms with Gasteiger partial charge in [-0.1, -0.05) is 23.2 Å². The molecule has 0 saturated heterocycles. The largest absolute Gasteiger partial charge is 0.320 e. The Morgan fingerprint density at radius 1 is 1.17 bits per heavy atom. The van der Waals surface area contributed by atoms with Gasteiger partial charge in [-0.2, -0.15) is 0 Å². The lowest BCUT2D eigenvalue weighted by atomic mass is 10.3. The zero-order valence-electron chi connectivity index (χ0n) is 10.0. The highest BCUT2D eigenvalue weighted by Crippen LogP contribution is 2.25. The van der Waals surface area contributed by atoms with Crippen LogP contribution in [0.3, 0.4) is 0 Å². The highest BCUT2D eigenvalue weighted by atomic mass is 35.5. The lowest BCUT2D eigenvalue weighted by molar-refractivity contribution is 0.595. The number of hydrogen-bond acceptors (Lipinski definition) is 3. The predicted octanol–water partition coefficient (Wildman–Crippen LogP) is 2.73. The van der Waals surface area contributed by atoms with Gasteiger partial charge in [0.15, 0.2) is 0 Å². The molecule has 1 aromatic carbocycles. The highest BCUT2D eigenvalue weighted by molar-refractivity contribution is 7.92. The Balaban J connectivity index is 2.56. The summed E-state index contributed by atoms with van der Waals surface area (Å²) in [5.74, 6) is 0.0922. The van der Waals surface area contributed by atoms with E-state index < -0.39 is 10.0 Å². The normalized spacial score (nSPS) is 11.5. The molecule has 7 heteroatoms. The lowest BCUT2D eigenvalue weighted by Gasteiger charge is -2.08. The zero-order valence-corrected chi connectivity index (χ0v) is 12.4. The average molecular weight is 311 g/mol. The van der Waals surface area contributed by atoms with Gasteiger partial charge in [-0.05, 0) is 44.6 Å². The van der Waals surface area contributed by atoms with Crippen molar-refractivity contribution in [3.05, 3.63) is 28.2 Å². The van der Waals surface area contributed by atoms with E-state index in [-0.39, 0.29) is 5.75 Å². The Morgan fingerprint density at radius 3 is 2.50 bits per heavy atom. The molecule has 0 atom stereocenters. The van der Waals surface area contributed by atoms with E-state index in [2.05, 4.69) is 10.0 Å². The van der Waals surface area contributed by atoms with Crippen molar-refractivity contribution in [1.82, 2.24) is 5.32 Å². The van der Waals surface area contributed by atoms with Crippen LogP contribution in [-0.2, 0) is 10.0 Å². The molecule has 0 bridgehead atoms. The molecule has 0 aliphatic heterocycles. The van der Waals surface area contributed by atoms with Crippen molar-refractivity contribution in [2.24, 2.45) is 0 Å². The number of rotatable bonds is 7. The van der Waals surface area contributed by atoms with Crippen LogP contribution in [0.5, 0.6) is 0 Å². The van der Waals surface area contributed by atoms with Crippen LogP contribution in [-0.4, -0.2) is 27.8 Å². The zero-order chi connectivity index (χ0) is 13.6. The van der Waals surface area contributed by atoms with Crippen LogP contribution in [0.25, 0.3) is 0 Å². The van der Waals surface area contributed by atoms with Crippen LogP contribution in [0, 0.1) is 0 Å². The fourth-order valence-electron chi connectivity index (χ4n) is 1.38. The summed E-state index contributed by atoms with van der Waals surface area (Å²) in [6.07, 6.45) is 1.43. The predicted molar refractivity (Wildman–Crippen MR) is 77.0 cm³/mol. The standard InChI is InChI=1S/C11H16Cl2N2O2S/c1-14-6-2-3-7-18(16,17)15-9-4-5-10(12)11(13)8-9/h4-5,8,14-15H,2-3,6-7H2,1H3. The lowest BCUT2D eigenvalue weighted by Crippen LogP contribution is -2.18. The minimum absolute atomic E-state index is 0.0922. The van der Waals surface area contributed by atoms with Gasteiger partial charge in [-0.15, -0.1) is 0 Å². The van der Waals surface area contributed by atoms with Crippen LogP contribution in [0.4, 0.5) is 5.69 Å². The van der Waals surface area contributed by atoms with E-state index in [0.717, 1.165) is 13.0 Å². The molecule has 0 unspecified atom stereocenters. The third-order valence-electron chi connectivity index (χ3n) is 2.28. The second kappa shape index (κ2) is 7.19. The summed E-state index contributed by atoms with van der Waals surface area (Å²) in [4.78, 5) is 0. The third kappa shape index (κ3) is 5.44. The molecule has 0 saturated carbocycles. The van der Waals surface area contributed by atoms with Crippen molar-refractivity contribution in [2.75, 3.05) is 24.1 Å². The molecule has 0 amide bonds. The van der Waals surface area contributed by atoms with E-state index in [0.29, 0.717) is 22.2 Å². The molecule has 0 aliphatic carbocycles. The monoisotopic (exact) mass is 310 g/mol. The van der Waals surface area contributed by atoms with Crippen LogP contribution in [0.1, 0.15) is 12.8 Å². The Kier molecular flexibility index (Phi) is 6.21. The number of anilines is 1. The SMILES string of the molecule is CNCCCCS(=O)(=O)Nc1ccc(Cl)c(Cl)c1. The fourth-order valence-corrected chi connectivity index (χ4v) is 2.85. The molecule has 0 fully saturated rings. The first kappa shape index (κ1) is 15.6. The Labute approximate surface area is 118 Å². The quantitative estimate of drug-likeness (QED) is 0.761. The van der Waals surface area contributed by atoms with Gasteiger partial charge in [-0.25, -0.2) is 8.42 Å². The van der Waals surface area contributed by atoms with E-state index in [1.165, 1.54) is 6.07 Å². The van der Waals surface area contributed by atoms with Crippen LogP contribution in [0.15, 0.2) is 18.2 Å². The second-order valence-corrected chi connectivity index (χ2v) is 6.52. The molecule has 0 aromatic heterocycles. The number of hydrogen-bond donors (Lipinski definition) is 2.